The number of likely N-dealkylation sites (N-methyl/N-ethyl adjacent to an activating group) is 1. The van der Waals surface area contributed by atoms with Crippen LogP contribution in [0.1, 0.15) is 51.4 Å². The van der Waals surface area contributed by atoms with Crippen molar-refractivity contribution in [2.75, 3.05) is 52.9 Å². The molecule has 0 bridgehead atoms. The van der Waals surface area contributed by atoms with Gasteiger partial charge in [0.15, 0.2) is 0 Å². The van der Waals surface area contributed by atoms with Gasteiger partial charge in [0, 0.05) is 45.3 Å². The van der Waals surface area contributed by atoms with Gasteiger partial charge in [0.05, 0.1) is 5.60 Å². The van der Waals surface area contributed by atoms with Crippen molar-refractivity contribution in [3.8, 4) is 0 Å². The van der Waals surface area contributed by atoms with Gasteiger partial charge in [-0.1, -0.05) is 25.7 Å². The lowest BCUT2D eigenvalue weighted by Crippen LogP contribution is -2.53. The molecule has 128 valence electrons. The number of nitrogens with zero attached hydrogens (tertiary/aromatic N) is 3. The van der Waals surface area contributed by atoms with E-state index in [0.29, 0.717) is 6.04 Å². The van der Waals surface area contributed by atoms with Crippen molar-refractivity contribution in [1.29, 1.82) is 0 Å². The van der Waals surface area contributed by atoms with Gasteiger partial charge in [-0.05, 0) is 39.3 Å². The fraction of sp³-hybridized carbons (Fsp3) is 1.00. The second-order valence-electron chi connectivity index (χ2n) is 8.01. The highest BCUT2D eigenvalue weighted by atomic mass is 16.3. The van der Waals surface area contributed by atoms with E-state index in [-0.39, 0.29) is 0 Å². The molecule has 3 rings (SSSR count). The Labute approximate surface area is 136 Å². The monoisotopic (exact) mass is 309 g/mol. The van der Waals surface area contributed by atoms with Crippen LogP contribution in [0.4, 0.5) is 0 Å². The molecule has 4 heteroatoms. The van der Waals surface area contributed by atoms with Crippen LogP contribution in [-0.4, -0.2) is 84.3 Å². The molecule has 0 radical (unpaired) electrons. The zero-order valence-corrected chi connectivity index (χ0v) is 14.5. The molecule has 0 spiro atoms. The minimum atomic E-state index is -0.394. The van der Waals surface area contributed by atoms with Crippen molar-refractivity contribution in [2.45, 2.75) is 63.0 Å². The molecule has 0 aromatic heterocycles. The minimum Gasteiger partial charge on any atom is -0.389 e. The van der Waals surface area contributed by atoms with Crippen LogP contribution < -0.4 is 0 Å². The van der Waals surface area contributed by atoms with Crippen molar-refractivity contribution < 1.29 is 5.11 Å². The van der Waals surface area contributed by atoms with Crippen LogP contribution in [0.3, 0.4) is 0 Å². The van der Waals surface area contributed by atoms with Gasteiger partial charge < -0.3 is 10.0 Å². The predicted octanol–water partition coefficient (Wildman–Crippen LogP) is 1.78. The van der Waals surface area contributed by atoms with Gasteiger partial charge in [0.1, 0.15) is 0 Å². The number of aliphatic hydroxyl groups is 1. The Balaban J connectivity index is 1.55. The molecular formula is C18H35N3O. The van der Waals surface area contributed by atoms with E-state index in [0.717, 1.165) is 19.4 Å². The topological polar surface area (TPSA) is 30.0 Å². The van der Waals surface area contributed by atoms with E-state index in [4.69, 9.17) is 0 Å². The molecule has 1 aliphatic carbocycles. The van der Waals surface area contributed by atoms with Gasteiger partial charge >= 0.3 is 0 Å². The molecule has 1 atom stereocenters. The van der Waals surface area contributed by atoms with Crippen LogP contribution in [0.15, 0.2) is 0 Å². The first kappa shape index (κ1) is 16.7. The van der Waals surface area contributed by atoms with Gasteiger partial charge in [-0.15, -0.1) is 0 Å². The number of hydrogen-bond donors (Lipinski definition) is 1. The van der Waals surface area contributed by atoms with Crippen molar-refractivity contribution in [3.05, 3.63) is 0 Å². The van der Waals surface area contributed by atoms with Gasteiger partial charge in [0.2, 0.25) is 0 Å². The average molecular weight is 309 g/mol. The van der Waals surface area contributed by atoms with Crippen LogP contribution in [0.5, 0.6) is 0 Å². The van der Waals surface area contributed by atoms with E-state index in [1.54, 1.807) is 0 Å². The first-order valence-corrected chi connectivity index (χ1v) is 9.52. The number of rotatable bonds is 3. The third-order valence-corrected chi connectivity index (χ3v) is 6.09. The van der Waals surface area contributed by atoms with E-state index < -0.39 is 5.60 Å². The Hall–Kier alpha value is -0.160. The van der Waals surface area contributed by atoms with Gasteiger partial charge in [-0.25, -0.2) is 0 Å². The Morgan fingerprint density at radius 1 is 0.909 bits per heavy atom. The summed E-state index contributed by atoms with van der Waals surface area (Å²) in [5.74, 6) is 0. The third-order valence-electron chi connectivity index (χ3n) is 6.09. The molecule has 2 aliphatic heterocycles. The molecule has 0 aromatic carbocycles. The normalized spacial score (nSPS) is 32.7. The summed E-state index contributed by atoms with van der Waals surface area (Å²) in [7, 11) is 2.23. The van der Waals surface area contributed by atoms with Crippen LogP contribution in [0.25, 0.3) is 0 Å². The van der Waals surface area contributed by atoms with Crippen molar-refractivity contribution in [3.63, 3.8) is 0 Å². The molecule has 3 aliphatic rings. The highest BCUT2D eigenvalue weighted by Gasteiger charge is 2.33. The summed E-state index contributed by atoms with van der Waals surface area (Å²) in [6.07, 6.45) is 9.78. The van der Waals surface area contributed by atoms with Crippen LogP contribution >= 0.6 is 0 Å². The zero-order chi connectivity index (χ0) is 15.4. The lowest BCUT2D eigenvalue weighted by molar-refractivity contribution is -0.0308. The quantitative estimate of drug-likeness (QED) is 0.861. The van der Waals surface area contributed by atoms with Gasteiger partial charge in [0.25, 0.3) is 0 Å². The molecule has 2 heterocycles. The Kier molecular flexibility index (Phi) is 5.77. The van der Waals surface area contributed by atoms with Crippen LogP contribution in [0.2, 0.25) is 0 Å². The number of hydrogen-bond acceptors (Lipinski definition) is 4. The maximum absolute atomic E-state index is 10.9. The second kappa shape index (κ2) is 7.61. The summed E-state index contributed by atoms with van der Waals surface area (Å²) in [4.78, 5) is 7.74. The molecule has 2 saturated heterocycles. The number of piperazine rings is 1. The molecular weight excluding hydrogens is 274 g/mol. The number of likely N-dealkylation sites (tertiary alicyclic amines) is 1. The maximum Gasteiger partial charge on any atom is 0.0774 e. The third kappa shape index (κ3) is 4.44. The zero-order valence-electron chi connectivity index (χ0n) is 14.5. The van der Waals surface area contributed by atoms with Gasteiger partial charge in [-0.2, -0.15) is 0 Å². The van der Waals surface area contributed by atoms with E-state index >= 15 is 0 Å². The molecule has 0 amide bonds. The molecule has 1 N–H and O–H groups in total. The van der Waals surface area contributed by atoms with E-state index in [1.807, 2.05) is 0 Å². The fourth-order valence-electron chi connectivity index (χ4n) is 4.61. The molecule has 1 unspecified atom stereocenters. The Morgan fingerprint density at radius 3 is 2.36 bits per heavy atom. The van der Waals surface area contributed by atoms with E-state index in [1.165, 1.54) is 77.8 Å². The highest BCUT2D eigenvalue weighted by Crippen LogP contribution is 2.30. The highest BCUT2D eigenvalue weighted by molar-refractivity contribution is 4.89. The maximum atomic E-state index is 10.9. The fourth-order valence-corrected chi connectivity index (χ4v) is 4.61. The molecule has 22 heavy (non-hydrogen) atoms. The predicted molar refractivity (Wildman–Crippen MR) is 91.2 cm³/mol. The summed E-state index contributed by atoms with van der Waals surface area (Å²) in [5.41, 5.74) is -0.394. The lowest BCUT2D eigenvalue weighted by Gasteiger charge is -2.41. The van der Waals surface area contributed by atoms with Gasteiger partial charge in [-0.3, -0.25) is 9.80 Å². The summed E-state index contributed by atoms with van der Waals surface area (Å²) >= 11 is 0. The lowest BCUT2D eigenvalue weighted by atomic mass is 9.84. The van der Waals surface area contributed by atoms with Crippen LogP contribution in [0, 0.1) is 0 Å². The summed E-state index contributed by atoms with van der Waals surface area (Å²) < 4.78 is 0. The first-order chi connectivity index (χ1) is 10.6. The minimum absolute atomic E-state index is 0.394. The molecule has 3 fully saturated rings. The Bertz CT molecular complexity index is 335. The van der Waals surface area contributed by atoms with E-state index in [2.05, 4.69) is 21.7 Å². The first-order valence-electron chi connectivity index (χ1n) is 9.52. The Morgan fingerprint density at radius 2 is 1.64 bits per heavy atom. The molecule has 0 aromatic rings. The van der Waals surface area contributed by atoms with Crippen molar-refractivity contribution >= 4 is 0 Å². The SMILES string of the molecule is CN1CCN(C2CCCCN(CC3(O)CCCCC3)C2)CC1. The smallest absolute Gasteiger partial charge is 0.0774 e. The summed E-state index contributed by atoms with van der Waals surface area (Å²) in [5, 5.41) is 10.9. The van der Waals surface area contributed by atoms with Crippen molar-refractivity contribution in [1.82, 2.24) is 14.7 Å². The summed E-state index contributed by atoms with van der Waals surface area (Å²) in [6.45, 7) is 8.13. The molecule has 1 saturated carbocycles. The summed E-state index contributed by atoms with van der Waals surface area (Å²) in [6, 6.07) is 0.711. The second-order valence-corrected chi connectivity index (χ2v) is 8.01. The van der Waals surface area contributed by atoms with E-state index in [9.17, 15) is 5.11 Å². The largest absolute Gasteiger partial charge is 0.389 e. The average Bonchev–Trinajstić information content (AvgIpc) is 2.74. The standard InChI is InChI=1S/C18H35N3O/c1-19-11-13-21(14-12-19)17-7-3-6-10-20(15-17)16-18(22)8-4-2-5-9-18/h17,22H,2-16H2,1H3. The van der Waals surface area contributed by atoms with Crippen molar-refractivity contribution in [2.24, 2.45) is 0 Å². The number of β-amino-alcohol motifs (C(OH)–C–C–N with tert-alkyl or cyclic N) is 1. The van der Waals surface area contributed by atoms with Crippen LogP contribution in [-0.2, 0) is 0 Å². The molecule has 4 nitrogen and oxygen atoms in total.